The highest BCUT2D eigenvalue weighted by Crippen LogP contribution is 2.14. The lowest BCUT2D eigenvalue weighted by molar-refractivity contribution is -0.123. The highest BCUT2D eigenvalue weighted by atomic mass is 16.5. The summed E-state index contributed by atoms with van der Waals surface area (Å²) >= 11 is 0. The van der Waals surface area contributed by atoms with E-state index in [2.05, 4.69) is 15.7 Å². The van der Waals surface area contributed by atoms with E-state index >= 15 is 0 Å². The number of imide groups is 1. The third kappa shape index (κ3) is 5.78. The lowest BCUT2D eigenvalue weighted by Crippen LogP contribution is -2.37. The zero-order valence-electron chi connectivity index (χ0n) is 16.7. The molecule has 0 unspecified atom stereocenters. The van der Waals surface area contributed by atoms with Crippen molar-refractivity contribution in [3.63, 3.8) is 0 Å². The van der Waals surface area contributed by atoms with Gasteiger partial charge >= 0.3 is 12.0 Å². The number of ether oxygens (including phenoxy) is 1. The van der Waals surface area contributed by atoms with Crippen LogP contribution in [0.25, 0.3) is 0 Å². The van der Waals surface area contributed by atoms with Crippen LogP contribution in [0.5, 0.6) is 0 Å². The van der Waals surface area contributed by atoms with Crippen molar-refractivity contribution in [3.8, 4) is 0 Å². The molecule has 0 radical (unpaired) electrons. The van der Waals surface area contributed by atoms with Gasteiger partial charge in [-0.1, -0.05) is 18.2 Å². The van der Waals surface area contributed by atoms with E-state index in [0.29, 0.717) is 17.8 Å². The molecule has 0 aliphatic carbocycles. The number of hydrogen-bond acceptors (Lipinski definition) is 5. The predicted molar refractivity (Wildman–Crippen MR) is 111 cm³/mol. The molecule has 0 bridgehead atoms. The van der Waals surface area contributed by atoms with E-state index in [0.717, 1.165) is 16.7 Å². The average molecular weight is 406 g/mol. The van der Waals surface area contributed by atoms with Crippen LogP contribution in [-0.4, -0.2) is 34.3 Å². The zero-order chi connectivity index (χ0) is 21.5. The zero-order valence-corrected chi connectivity index (χ0v) is 16.7. The van der Waals surface area contributed by atoms with Crippen molar-refractivity contribution in [2.45, 2.75) is 20.4 Å². The van der Waals surface area contributed by atoms with Crippen LogP contribution in [0.4, 0.5) is 10.5 Å². The number of esters is 1. The summed E-state index contributed by atoms with van der Waals surface area (Å²) in [5, 5.41) is 8.82. The molecule has 0 spiro atoms. The molecule has 0 atom stereocenters. The van der Waals surface area contributed by atoms with E-state index in [4.69, 9.17) is 4.74 Å². The van der Waals surface area contributed by atoms with Gasteiger partial charge in [-0.2, -0.15) is 5.10 Å². The number of anilines is 1. The van der Waals surface area contributed by atoms with Gasteiger partial charge in [-0.25, -0.2) is 9.59 Å². The topological polar surface area (TPSA) is 102 Å². The van der Waals surface area contributed by atoms with E-state index in [-0.39, 0.29) is 0 Å². The lowest BCUT2D eigenvalue weighted by atomic mass is 10.1. The van der Waals surface area contributed by atoms with Crippen molar-refractivity contribution in [2.24, 2.45) is 0 Å². The molecule has 0 saturated carbocycles. The van der Waals surface area contributed by atoms with Gasteiger partial charge in [0, 0.05) is 18.1 Å². The van der Waals surface area contributed by atoms with Gasteiger partial charge in [0.25, 0.3) is 5.91 Å². The minimum absolute atomic E-state index is 0.312. The van der Waals surface area contributed by atoms with Crippen molar-refractivity contribution in [1.29, 1.82) is 0 Å². The van der Waals surface area contributed by atoms with Gasteiger partial charge in [0.2, 0.25) is 0 Å². The van der Waals surface area contributed by atoms with Gasteiger partial charge in [0.15, 0.2) is 6.61 Å². The standard InChI is InChI=1S/C22H22N4O4/c1-15-4-9-19(12-16(15)2)24-22(29)25-20(27)14-30-21(28)18-7-5-17(6-8-18)13-26-11-3-10-23-26/h3-12H,13-14H2,1-2H3,(H2,24,25,27,29). The van der Waals surface area contributed by atoms with Gasteiger partial charge in [0.1, 0.15) is 0 Å². The first-order valence-corrected chi connectivity index (χ1v) is 9.32. The summed E-state index contributed by atoms with van der Waals surface area (Å²) in [5.74, 6) is -1.37. The Balaban J connectivity index is 1.45. The van der Waals surface area contributed by atoms with Crippen molar-refractivity contribution in [1.82, 2.24) is 15.1 Å². The first kappa shape index (κ1) is 20.8. The predicted octanol–water partition coefficient (Wildman–Crippen LogP) is 3.05. The number of rotatable bonds is 6. The fraction of sp³-hybridized carbons (Fsp3) is 0.182. The number of carbonyl (C=O) groups excluding carboxylic acids is 3. The number of aryl methyl sites for hydroxylation is 2. The molecule has 8 nitrogen and oxygen atoms in total. The highest BCUT2D eigenvalue weighted by molar-refractivity contribution is 6.02. The molecule has 30 heavy (non-hydrogen) atoms. The molecular weight excluding hydrogens is 384 g/mol. The summed E-state index contributed by atoms with van der Waals surface area (Å²) in [6, 6.07) is 13.4. The Morgan fingerprint density at radius 2 is 1.80 bits per heavy atom. The van der Waals surface area contributed by atoms with E-state index in [1.807, 2.05) is 32.2 Å². The van der Waals surface area contributed by atoms with Crippen LogP contribution in [0.3, 0.4) is 0 Å². The average Bonchev–Trinajstić information content (AvgIpc) is 3.22. The number of benzene rings is 2. The molecule has 0 fully saturated rings. The summed E-state index contributed by atoms with van der Waals surface area (Å²) in [6.07, 6.45) is 3.54. The van der Waals surface area contributed by atoms with Crippen molar-refractivity contribution in [2.75, 3.05) is 11.9 Å². The molecule has 154 valence electrons. The van der Waals surface area contributed by atoms with Gasteiger partial charge in [-0.3, -0.25) is 14.8 Å². The molecule has 3 rings (SSSR count). The van der Waals surface area contributed by atoms with E-state index in [1.54, 1.807) is 47.3 Å². The monoisotopic (exact) mass is 406 g/mol. The summed E-state index contributed by atoms with van der Waals surface area (Å²) in [4.78, 5) is 35.9. The van der Waals surface area contributed by atoms with Crippen molar-refractivity contribution < 1.29 is 19.1 Å². The smallest absolute Gasteiger partial charge is 0.338 e. The molecule has 8 heteroatoms. The Morgan fingerprint density at radius 1 is 1.03 bits per heavy atom. The minimum Gasteiger partial charge on any atom is -0.452 e. The van der Waals surface area contributed by atoms with Crippen LogP contribution in [0.15, 0.2) is 60.9 Å². The summed E-state index contributed by atoms with van der Waals surface area (Å²) in [7, 11) is 0. The number of aromatic nitrogens is 2. The van der Waals surface area contributed by atoms with E-state index < -0.39 is 24.5 Å². The Kier molecular flexibility index (Phi) is 6.59. The van der Waals surface area contributed by atoms with Crippen LogP contribution in [-0.2, 0) is 16.1 Å². The van der Waals surface area contributed by atoms with Crippen molar-refractivity contribution >= 4 is 23.6 Å². The van der Waals surface area contributed by atoms with Crippen molar-refractivity contribution in [3.05, 3.63) is 83.2 Å². The van der Waals surface area contributed by atoms with Crippen LogP contribution in [0.2, 0.25) is 0 Å². The van der Waals surface area contributed by atoms with Crippen LogP contribution >= 0.6 is 0 Å². The number of nitrogens with one attached hydrogen (secondary N) is 2. The second-order valence-corrected chi connectivity index (χ2v) is 6.78. The number of hydrogen-bond donors (Lipinski definition) is 2. The molecule has 2 N–H and O–H groups in total. The van der Waals surface area contributed by atoms with Gasteiger partial charge in [-0.15, -0.1) is 0 Å². The minimum atomic E-state index is -0.722. The second-order valence-electron chi connectivity index (χ2n) is 6.78. The molecular formula is C22H22N4O4. The molecule has 3 amide bonds. The fourth-order valence-corrected chi connectivity index (χ4v) is 2.69. The molecule has 2 aromatic carbocycles. The van der Waals surface area contributed by atoms with Crippen LogP contribution in [0.1, 0.15) is 27.0 Å². The molecule has 0 aliphatic heterocycles. The maximum Gasteiger partial charge on any atom is 0.338 e. The van der Waals surface area contributed by atoms with Gasteiger partial charge in [-0.05, 0) is 60.9 Å². The fourth-order valence-electron chi connectivity index (χ4n) is 2.69. The van der Waals surface area contributed by atoms with E-state index in [9.17, 15) is 14.4 Å². The number of nitrogens with zero attached hydrogens (tertiary/aromatic N) is 2. The first-order chi connectivity index (χ1) is 14.4. The van der Waals surface area contributed by atoms with Crippen LogP contribution in [0, 0.1) is 13.8 Å². The molecule has 1 aromatic heterocycles. The Hall–Kier alpha value is -3.94. The maximum absolute atomic E-state index is 12.1. The summed E-state index contributed by atoms with van der Waals surface area (Å²) in [6.45, 7) is 3.91. The quantitative estimate of drug-likeness (QED) is 0.613. The third-order valence-corrected chi connectivity index (χ3v) is 4.45. The third-order valence-electron chi connectivity index (χ3n) is 4.45. The molecule has 3 aromatic rings. The Morgan fingerprint density at radius 3 is 2.47 bits per heavy atom. The Labute approximate surface area is 173 Å². The van der Waals surface area contributed by atoms with E-state index in [1.165, 1.54) is 0 Å². The SMILES string of the molecule is Cc1ccc(NC(=O)NC(=O)COC(=O)c2ccc(Cn3cccn3)cc2)cc1C. The molecule has 0 saturated heterocycles. The number of carbonyl (C=O) groups is 3. The van der Waals surface area contributed by atoms with Gasteiger partial charge < -0.3 is 10.1 Å². The summed E-state index contributed by atoms with van der Waals surface area (Å²) < 4.78 is 6.74. The highest BCUT2D eigenvalue weighted by Gasteiger charge is 2.13. The van der Waals surface area contributed by atoms with Crippen LogP contribution < -0.4 is 10.6 Å². The van der Waals surface area contributed by atoms with Gasteiger partial charge in [0.05, 0.1) is 12.1 Å². The lowest BCUT2D eigenvalue weighted by Gasteiger charge is -2.09. The number of urea groups is 1. The molecule has 0 aliphatic rings. The second kappa shape index (κ2) is 9.51. The maximum atomic E-state index is 12.1. The largest absolute Gasteiger partial charge is 0.452 e. The number of amides is 3. The normalized spacial score (nSPS) is 10.3. The molecule has 1 heterocycles. The Bertz CT molecular complexity index is 1040. The summed E-state index contributed by atoms with van der Waals surface area (Å²) in [5.41, 5.74) is 3.96. The first-order valence-electron chi connectivity index (χ1n) is 9.32.